The Morgan fingerprint density at radius 2 is 2.24 bits per heavy atom. The first-order valence-corrected chi connectivity index (χ1v) is 6.50. The van der Waals surface area contributed by atoms with Crippen LogP contribution in [0.4, 0.5) is 4.39 Å². The number of hydrogen-bond donors (Lipinski definition) is 1. The summed E-state index contributed by atoms with van der Waals surface area (Å²) in [5.41, 5.74) is 5.84. The van der Waals surface area contributed by atoms with Gasteiger partial charge in [0.15, 0.2) is 0 Å². The number of rotatable bonds is 6. The lowest BCUT2D eigenvalue weighted by Crippen LogP contribution is -2.16. The van der Waals surface area contributed by atoms with Crippen LogP contribution in [0.15, 0.2) is 22.7 Å². The summed E-state index contributed by atoms with van der Waals surface area (Å²) in [5, 5.41) is 0. The Bertz CT molecular complexity index is 395. The van der Waals surface area contributed by atoms with Gasteiger partial charge >= 0.3 is 0 Å². The fourth-order valence-electron chi connectivity index (χ4n) is 1.63. The fourth-order valence-corrected chi connectivity index (χ4v) is 2.03. The number of ketones is 1. The lowest BCUT2D eigenvalue weighted by atomic mass is 9.95. The van der Waals surface area contributed by atoms with Gasteiger partial charge in [0.1, 0.15) is 11.6 Å². The number of benzene rings is 1. The van der Waals surface area contributed by atoms with Gasteiger partial charge in [0.25, 0.3) is 0 Å². The molecular formula is C13H17BrFNO. The zero-order valence-corrected chi connectivity index (χ0v) is 11.5. The third-order valence-corrected chi connectivity index (χ3v) is 3.26. The average molecular weight is 302 g/mol. The third kappa shape index (κ3) is 4.56. The molecule has 0 fully saturated rings. The first kappa shape index (κ1) is 14.3. The number of carbonyl (C=O) groups excluding carboxylic acids is 1. The molecule has 0 radical (unpaired) electrons. The molecule has 0 bridgehead atoms. The fraction of sp³-hybridized carbons (Fsp3) is 0.462. The van der Waals surface area contributed by atoms with Crippen molar-refractivity contribution in [2.45, 2.75) is 26.2 Å². The van der Waals surface area contributed by atoms with Crippen LogP contribution in [0.25, 0.3) is 0 Å². The molecule has 1 aromatic rings. The molecule has 17 heavy (non-hydrogen) atoms. The van der Waals surface area contributed by atoms with E-state index in [2.05, 4.69) is 15.9 Å². The maximum Gasteiger partial charge on any atom is 0.140 e. The molecule has 4 heteroatoms. The van der Waals surface area contributed by atoms with Crippen LogP contribution in [0.1, 0.15) is 25.3 Å². The maximum absolute atomic E-state index is 13.5. The molecule has 0 spiro atoms. The molecule has 0 aliphatic rings. The van der Waals surface area contributed by atoms with Gasteiger partial charge in [-0.25, -0.2) is 4.39 Å². The zero-order chi connectivity index (χ0) is 12.8. The van der Waals surface area contributed by atoms with Crippen molar-refractivity contribution >= 4 is 21.7 Å². The topological polar surface area (TPSA) is 43.1 Å². The van der Waals surface area contributed by atoms with Crippen molar-refractivity contribution in [3.05, 3.63) is 34.1 Å². The van der Waals surface area contributed by atoms with Gasteiger partial charge in [0.05, 0.1) is 0 Å². The lowest BCUT2D eigenvalue weighted by Gasteiger charge is -2.10. The number of nitrogens with two attached hydrogens (primary N) is 1. The van der Waals surface area contributed by atoms with E-state index in [-0.39, 0.29) is 23.9 Å². The van der Waals surface area contributed by atoms with Crippen molar-refractivity contribution in [2.75, 3.05) is 6.54 Å². The summed E-state index contributed by atoms with van der Waals surface area (Å²) in [6.45, 7) is 2.46. The molecule has 0 saturated carbocycles. The number of carbonyl (C=O) groups is 1. The molecule has 0 saturated heterocycles. The maximum atomic E-state index is 13.5. The number of Topliss-reactive ketones (excluding diaryl/α,β-unsaturated/α-hetero) is 1. The Morgan fingerprint density at radius 1 is 1.53 bits per heavy atom. The second-order valence-electron chi connectivity index (χ2n) is 4.21. The van der Waals surface area contributed by atoms with Gasteiger partial charge in [-0.05, 0) is 43.1 Å². The smallest absolute Gasteiger partial charge is 0.140 e. The molecule has 2 N–H and O–H groups in total. The van der Waals surface area contributed by atoms with E-state index in [1.807, 2.05) is 6.92 Å². The molecule has 1 unspecified atom stereocenters. The van der Waals surface area contributed by atoms with Crippen LogP contribution in [0, 0.1) is 11.7 Å². The molecule has 0 heterocycles. The largest absolute Gasteiger partial charge is 0.330 e. The molecule has 0 aliphatic carbocycles. The standard InChI is InChI=1S/C13H17BrFNO/c1-9(3-2-6-16)13(17)8-10-7-11(14)4-5-12(10)15/h4-5,7,9H,2-3,6,8,16H2,1H3. The minimum Gasteiger partial charge on any atom is -0.330 e. The Labute approximate surface area is 110 Å². The molecule has 94 valence electrons. The summed E-state index contributed by atoms with van der Waals surface area (Å²) in [7, 11) is 0. The normalized spacial score (nSPS) is 12.5. The van der Waals surface area contributed by atoms with E-state index in [0.717, 1.165) is 17.3 Å². The van der Waals surface area contributed by atoms with Crippen LogP contribution in [0.5, 0.6) is 0 Å². The highest BCUT2D eigenvalue weighted by Crippen LogP contribution is 2.18. The van der Waals surface area contributed by atoms with E-state index >= 15 is 0 Å². The van der Waals surface area contributed by atoms with Gasteiger partial charge < -0.3 is 5.73 Å². The number of halogens is 2. The Hall–Kier alpha value is -0.740. The molecule has 1 rings (SSSR count). The summed E-state index contributed by atoms with van der Waals surface area (Å²) in [5.74, 6) is -0.319. The summed E-state index contributed by atoms with van der Waals surface area (Å²) in [6, 6.07) is 4.65. The summed E-state index contributed by atoms with van der Waals surface area (Å²) in [6.07, 6.45) is 1.75. The van der Waals surface area contributed by atoms with E-state index in [1.165, 1.54) is 6.07 Å². The molecule has 2 nitrogen and oxygen atoms in total. The third-order valence-electron chi connectivity index (χ3n) is 2.76. The number of hydrogen-bond acceptors (Lipinski definition) is 2. The molecular weight excluding hydrogens is 285 g/mol. The summed E-state index contributed by atoms with van der Waals surface area (Å²) in [4.78, 5) is 11.9. The zero-order valence-electron chi connectivity index (χ0n) is 9.88. The van der Waals surface area contributed by atoms with Crippen LogP contribution in [-0.4, -0.2) is 12.3 Å². The van der Waals surface area contributed by atoms with Crippen molar-refractivity contribution in [2.24, 2.45) is 11.7 Å². The predicted octanol–water partition coefficient (Wildman–Crippen LogP) is 3.07. The van der Waals surface area contributed by atoms with Gasteiger partial charge in [-0.1, -0.05) is 22.9 Å². The van der Waals surface area contributed by atoms with Crippen molar-refractivity contribution in [1.29, 1.82) is 0 Å². The van der Waals surface area contributed by atoms with Crippen molar-refractivity contribution in [3.8, 4) is 0 Å². The van der Waals surface area contributed by atoms with Gasteiger partial charge in [-0.15, -0.1) is 0 Å². The van der Waals surface area contributed by atoms with Crippen LogP contribution in [0.2, 0.25) is 0 Å². The highest BCUT2D eigenvalue weighted by atomic mass is 79.9. The molecule has 0 aromatic heterocycles. The molecule has 0 aliphatic heterocycles. The second kappa shape index (κ2) is 6.87. The van der Waals surface area contributed by atoms with Crippen LogP contribution in [-0.2, 0) is 11.2 Å². The highest BCUT2D eigenvalue weighted by molar-refractivity contribution is 9.10. The van der Waals surface area contributed by atoms with Crippen molar-refractivity contribution < 1.29 is 9.18 Å². The quantitative estimate of drug-likeness (QED) is 0.877. The van der Waals surface area contributed by atoms with Crippen LogP contribution in [0.3, 0.4) is 0 Å². The van der Waals surface area contributed by atoms with E-state index < -0.39 is 0 Å². The van der Waals surface area contributed by atoms with Gasteiger partial charge in [-0.3, -0.25) is 4.79 Å². The Kier molecular flexibility index (Phi) is 5.78. The lowest BCUT2D eigenvalue weighted by molar-refractivity contribution is -0.121. The molecule has 0 amide bonds. The van der Waals surface area contributed by atoms with E-state index in [1.54, 1.807) is 12.1 Å². The van der Waals surface area contributed by atoms with E-state index in [0.29, 0.717) is 12.1 Å². The van der Waals surface area contributed by atoms with Gasteiger partial charge in [0, 0.05) is 16.8 Å². The predicted molar refractivity (Wildman–Crippen MR) is 70.3 cm³/mol. The minimum absolute atomic E-state index is 0.0584. The van der Waals surface area contributed by atoms with Gasteiger partial charge in [-0.2, -0.15) is 0 Å². The Morgan fingerprint density at radius 3 is 2.88 bits per heavy atom. The van der Waals surface area contributed by atoms with Gasteiger partial charge in [0.2, 0.25) is 0 Å². The van der Waals surface area contributed by atoms with E-state index in [4.69, 9.17) is 5.73 Å². The first-order valence-electron chi connectivity index (χ1n) is 5.71. The first-order chi connectivity index (χ1) is 8.04. The van der Waals surface area contributed by atoms with Crippen LogP contribution >= 0.6 is 15.9 Å². The van der Waals surface area contributed by atoms with E-state index in [9.17, 15) is 9.18 Å². The Balaban J connectivity index is 2.64. The van der Waals surface area contributed by atoms with Crippen molar-refractivity contribution in [1.82, 2.24) is 0 Å². The summed E-state index contributed by atoms with van der Waals surface area (Å²) >= 11 is 3.27. The monoisotopic (exact) mass is 301 g/mol. The average Bonchev–Trinajstić information content (AvgIpc) is 2.30. The summed E-state index contributed by atoms with van der Waals surface area (Å²) < 4.78 is 14.2. The van der Waals surface area contributed by atoms with Crippen LogP contribution < -0.4 is 5.73 Å². The second-order valence-corrected chi connectivity index (χ2v) is 5.13. The SMILES string of the molecule is CC(CCCN)C(=O)Cc1cc(Br)ccc1F. The minimum atomic E-state index is -0.326. The molecule has 1 aromatic carbocycles. The van der Waals surface area contributed by atoms with Crippen molar-refractivity contribution in [3.63, 3.8) is 0 Å². The molecule has 1 atom stereocenters. The highest BCUT2D eigenvalue weighted by Gasteiger charge is 2.15.